The number of unbranched alkanes of at least 4 members (excludes halogenated alkanes) is 1. The first-order valence-corrected chi connectivity index (χ1v) is 6.49. The largest absolute Gasteiger partial charge is 0.498 e. The van der Waals surface area contributed by atoms with Gasteiger partial charge in [0.25, 0.3) is 0 Å². The Balaban J connectivity index is 2.13. The van der Waals surface area contributed by atoms with Gasteiger partial charge in [-0.1, -0.05) is 43.7 Å². The number of ether oxygens (including phenoxy) is 2. The normalized spacial score (nSPS) is 11.0. The molecule has 0 saturated carbocycles. The van der Waals surface area contributed by atoms with Crippen LogP contribution in [-0.2, 0) is 14.3 Å². The van der Waals surface area contributed by atoms with Gasteiger partial charge in [-0.15, -0.1) is 0 Å². The van der Waals surface area contributed by atoms with Gasteiger partial charge in [-0.25, -0.2) is 4.79 Å². The molecule has 0 unspecified atom stereocenters. The van der Waals surface area contributed by atoms with Crippen molar-refractivity contribution < 1.29 is 14.3 Å². The second-order valence-electron chi connectivity index (χ2n) is 3.94. The summed E-state index contributed by atoms with van der Waals surface area (Å²) in [5.74, 6) is -0.356. The number of carbonyl (C=O) groups is 1. The van der Waals surface area contributed by atoms with E-state index in [9.17, 15) is 4.79 Å². The van der Waals surface area contributed by atoms with Crippen LogP contribution in [0.2, 0.25) is 0 Å². The van der Waals surface area contributed by atoms with Crippen LogP contribution in [0.1, 0.15) is 25.3 Å². The smallest absolute Gasteiger partial charge is 0.330 e. The maximum absolute atomic E-state index is 11.4. The molecule has 1 aromatic carbocycles. The van der Waals surface area contributed by atoms with Crippen molar-refractivity contribution in [3.63, 3.8) is 0 Å². The van der Waals surface area contributed by atoms with Gasteiger partial charge in [-0.2, -0.15) is 0 Å². The fourth-order valence-electron chi connectivity index (χ4n) is 1.34. The van der Waals surface area contributed by atoms with Crippen LogP contribution in [0.25, 0.3) is 6.08 Å². The molecule has 0 spiro atoms. The zero-order chi connectivity index (χ0) is 13.8. The summed E-state index contributed by atoms with van der Waals surface area (Å²) in [4.78, 5) is 11.4. The summed E-state index contributed by atoms with van der Waals surface area (Å²) in [6, 6.07) is 9.61. The van der Waals surface area contributed by atoms with E-state index in [2.05, 4.69) is 6.92 Å². The van der Waals surface area contributed by atoms with Crippen molar-refractivity contribution in [1.82, 2.24) is 0 Å². The fourth-order valence-corrected chi connectivity index (χ4v) is 1.34. The second-order valence-corrected chi connectivity index (χ2v) is 3.94. The Morgan fingerprint density at radius 2 is 2.00 bits per heavy atom. The fraction of sp³-hybridized carbons (Fsp3) is 0.312. The van der Waals surface area contributed by atoms with Crippen LogP contribution in [-0.4, -0.2) is 19.2 Å². The molecule has 0 aliphatic carbocycles. The van der Waals surface area contributed by atoms with E-state index in [1.807, 2.05) is 36.4 Å². The SMILES string of the molecule is CCCC=COCCOC(=O)/C=C/c1ccccc1. The molecule has 0 saturated heterocycles. The van der Waals surface area contributed by atoms with Crippen LogP contribution in [0.3, 0.4) is 0 Å². The van der Waals surface area contributed by atoms with Gasteiger partial charge < -0.3 is 9.47 Å². The van der Waals surface area contributed by atoms with E-state index in [0.717, 1.165) is 18.4 Å². The Kier molecular flexibility index (Phi) is 7.87. The van der Waals surface area contributed by atoms with E-state index in [1.165, 1.54) is 6.08 Å². The van der Waals surface area contributed by atoms with Crippen LogP contribution >= 0.6 is 0 Å². The lowest BCUT2D eigenvalue weighted by Crippen LogP contribution is -2.06. The Labute approximate surface area is 114 Å². The molecule has 0 bridgehead atoms. The zero-order valence-corrected chi connectivity index (χ0v) is 11.2. The molecule has 0 aliphatic heterocycles. The number of rotatable bonds is 8. The third-order valence-electron chi connectivity index (χ3n) is 2.30. The highest BCUT2D eigenvalue weighted by atomic mass is 16.6. The first-order chi connectivity index (χ1) is 9.33. The van der Waals surface area contributed by atoms with Crippen molar-refractivity contribution >= 4 is 12.0 Å². The molecule has 0 amide bonds. The van der Waals surface area contributed by atoms with Crippen LogP contribution in [0, 0.1) is 0 Å². The van der Waals surface area contributed by atoms with Crippen molar-refractivity contribution in [2.75, 3.05) is 13.2 Å². The molecule has 0 atom stereocenters. The van der Waals surface area contributed by atoms with Crippen LogP contribution < -0.4 is 0 Å². The molecule has 0 aromatic heterocycles. The Hall–Kier alpha value is -2.03. The molecule has 0 fully saturated rings. The molecule has 1 rings (SSSR count). The third-order valence-corrected chi connectivity index (χ3v) is 2.30. The van der Waals surface area contributed by atoms with E-state index < -0.39 is 0 Å². The molecular weight excluding hydrogens is 240 g/mol. The summed E-state index contributed by atoms with van der Waals surface area (Å²) >= 11 is 0. The van der Waals surface area contributed by atoms with Gasteiger partial charge >= 0.3 is 5.97 Å². The van der Waals surface area contributed by atoms with E-state index in [1.54, 1.807) is 12.3 Å². The number of benzene rings is 1. The highest BCUT2D eigenvalue weighted by molar-refractivity contribution is 5.86. The van der Waals surface area contributed by atoms with Crippen molar-refractivity contribution in [2.24, 2.45) is 0 Å². The molecule has 0 N–H and O–H groups in total. The second kappa shape index (κ2) is 9.95. The van der Waals surface area contributed by atoms with Crippen molar-refractivity contribution in [3.05, 3.63) is 54.3 Å². The van der Waals surface area contributed by atoms with E-state index >= 15 is 0 Å². The van der Waals surface area contributed by atoms with Gasteiger partial charge in [0.15, 0.2) is 0 Å². The first kappa shape index (κ1) is 15.0. The molecule has 3 nitrogen and oxygen atoms in total. The van der Waals surface area contributed by atoms with E-state index in [0.29, 0.717) is 6.61 Å². The summed E-state index contributed by atoms with van der Waals surface area (Å²) < 4.78 is 10.2. The van der Waals surface area contributed by atoms with Crippen LogP contribution in [0.5, 0.6) is 0 Å². The Morgan fingerprint density at radius 1 is 1.21 bits per heavy atom. The zero-order valence-electron chi connectivity index (χ0n) is 11.2. The lowest BCUT2D eigenvalue weighted by atomic mass is 10.2. The Bertz CT molecular complexity index is 407. The average molecular weight is 260 g/mol. The van der Waals surface area contributed by atoms with E-state index in [4.69, 9.17) is 9.47 Å². The first-order valence-electron chi connectivity index (χ1n) is 6.49. The summed E-state index contributed by atoms with van der Waals surface area (Å²) in [6.07, 6.45) is 8.85. The van der Waals surface area contributed by atoms with Crippen LogP contribution in [0.15, 0.2) is 48.7 Å². The number of allylic oxidation sites excluding steroid dienone is 1. The number of esters is 1. The highest BCUT2D eigenvalue weighted by Crippen LogP contribution is 2.01. The lowest BCUT2D eigenvalue weighted by molar-refractivity contribution is -0.138. The maximum Gasteiger partial charge on any atom is 0.330 e. The van der Waals surface area contributed by atoms with Gasteiger partial charge in [0.05, 0.1) is 6.26 Å². The lowest BCUT2D eigenvalue weighted by Gasteiger charge is -2.01. The molecule has 0 radical (unpaired) electrons. The molecule has 1 aromatic rings. The van der Waals surface area contributed by atoms with Gasteiger partial charge in [0.2, 0.25) is 0 Å². The molecular formula is C16H20O3. The third kappa shape index (κ3) is 7.82. The summed E-state index contributed by atoms with van der Waals surface area (Å²) in [7, 11) is 0. The topological polar surface area (TPSA) is 35.5 Å². The number of hydrogen-bond acceptors (Lipinski definition) is 3. The number of hydrogen-bond donors (Lipinski definition) is 0. The molecule has 19 heavy (non-hydrogen) atoms. The summed E-state index contributed by atoms with van der Waals surface area (Å²) in [6.45, 7) is 2.74. The standard InChI is InChI=1S/C16H20O3/c1-2-3-7-12-18-13-14-19-16(17)11-10-15-8-5-4-6-9-15/h4-12H,2-3,13-14H2,1H3/b11-10+,12-7?. The van der Waals surface area contributed by atoms with Gasteiger partial charge in [-0.05, 0) is 24.1 Å². The minimum Gasteiger partial charge on any atom is -0.498 e. The minimum atomic E-state index is -0.356. The number of carbonyl (C=O) groups excluding carboxylic acids is 1. The van der Waals surface area contributed by atoms with Crippen LogP contribution in [0.4, 0.5) is 0 Å². The van der Waals surface area contributed by atoms with Crippen molar-refractivity contribution in [2.45, 2.75) is 19.8 Å². The van der Waals surface area contributed by atoms with E-state index in [-0.39, 0.29) is 12.6 Å². The maximum atomic E-state index is 11.4. The van der Waals surface area contributed by atoms with Gasteiger partial charge in [-0.3, -0.25) is 0 Å². The molecule has 0 aliphatic rings. The predicted octanol–water partition coefficient (Wildman–Crippen LogP) is 3.57. The quantitative estimate of drug-likeness (QED) is 0.310. The van der Waals surface area contributed by atoms with Crippen molar-refractivity contribution in [1.29, 1.82) is 0 Å². The Morgan fingerprint density at radius 3 is 2.74 bits per heavy atom. The van der Waals surface area contributed by atoms with Gasteiger partial charge in [0, 0.05) is 6.08 Å². The summed E-state index contributed by atoms with van der Waals surface area (Å²) in [5.41, 5.74) is 0.971. The monoisotopic (exact) mass is 260 g/mol. The predicted molar refractivity (Wildman–Crippen MR) is 76.4 cm³/mol. The average Bonchev–Trinajstić information content (AvgIpc) is 2.45. The molecule has 3 heteroatoms. The highest BCUT2D eigenvalue weighted by Gasteiger charge is 1.95. The summed E-state index contributed by atoms with van der Waals surface area (Å²) in [5, 5.41) is 0. The van der Waals surface area contributed by atoms with Gasteiger partial charge in [0.1, 0.15) is 13.2 Å². The minimum absolute atomic E-state index is 0.258. The molecule has 0 heterocycles. The molecule has 102 valence electrons. The van der Waals surface area contributed by atoms with Crippen molar-refractivity contribution in [3.8, 4) is 0 Å².